The molecule has 0 aliphatic carbocycles. The number of carbonyl (C=O) groups is 2. The number of aliphatic carboxylic acids is 1. The highest BCUT2D eigenvalue weighted by Crippen LogP contribution is 2.28. The van der Waals surface area contributed by atoms with E-state index in [4.69, 9.17) is 9.90 Å². The number of piperidine rings is 1. The number of hydrogen-bond acceptors (Lipinski definition) is 5. The fourth-order valence-electron chi connectivity index (χ4n) is 3.97. The number of rotatable bonds is 4. The van der Waals surface area contributed by atoms with Gasteiger partial charge in [-0.15, -0.1) is 11.3 Å². The van der Waals surface area contributed by atoms with E-state index < -0.39 is 12.1 Å². The normalized spacial score (nSPS) is 17.4. The zero-order valence-electron chi connectivity index (χ0n) is 18.9. The Kier molecular flexibility index (Phi) is 8.47. The Hall–Kier alpha value is -2.66. The van der Waals surface area contributed by atoms with Crippen LogP contribution in [0.25, 0.3) is 10.6 Å². The zero-order chi connectivity index (χ0) is 24.9. The molecule has 0 bridgehead atoms. The number of carboxylic acid groups (broad SMARTS) is 1. The first kappa shape index (κ1) is 26.6. The molecule has 0 atom stereocenters. The molecule has 11 heteroatoms. The second-order valence-corrected chi connectivity index (χ2v) is 10.1. The number of halogens is 3. The molecule has 2 aromatic rings. The summed E-state index contributed by atoms with van der Waals surface area (Å²) in [5.41, 5.74) is 2.22. The molecule has 0 spiro atoms. The van der Waals surface area contributed by atoms with Gasteiger partial charge in [-0.1, -0.05) is 24.3 Å². The second kappa shape index (κ2) is 10.5. The van der Waals surface area contributed by atoms with E-state index in [0.29, 0.717) is 6.54 Å². The second-order valence-electron chi connectivity index (χ2n) is 9.16. The van der Waals surface area contributed by atoms with E-state index in [9.17, 15) is 18.0 Å². The number of nitrogens with one attached hydrogen (secondary N) is 3. The van der Waals surface area contributed by atoms with Crippen LogP contribution in [-0.4, -0.2) is 45.4 Å². The van der Waals surface area contributed by atoms with Crippen LogP contribution >= 0.6 is 11.3 Å². The maximum atomic E-state index is 12.3. The number of nitrogens with zero attached hydrogens (tertiary/aromatic N) is 1. The van der Waals surface area contributed by atoms with E-state index >= 15 is 0 Å². The van der Waals surface area contributed by atoms with Gasteiger partial charge in [-0.05, 0) is 46.1 Å². The first-order valence-corrected chi connectivity index (χ1v) is 11.2. The van der Waals surface area contributed by atoms with Crippen molar-refractivity contribution in [3.8, 4) is 10.6 Å². The third-order valence-electron chi connectivity index (χ3n) is 4.85. The van der Waals surface area contributed by atoms with E-state index in [-0.39, 0.29) is 23.2 Å². The van der Waals surface area contributed by atoms with Gasteiger partial charge < -0.3 is 21.1 Å². The number of carbonyl (C=O) groups excluding carboxylic acids is 1. The van der Waals surface area contributed by atoms with Gasteiger partial charge in [0.05, 0.1) is 0 Å². The number of urea groups is 1. The Labute approximate surface area is 194 Å². The summed E-state index contributed by atoms with van der Waals surface area (Å²) >= 11 is 1.62. The quantitative estimate of drug-likeness (QED) is 0.508. The lowest BCUT2D eigenvalue weighted by Gasteiger charge is -2.46. The smallest absolute Gasteiger partial charge is 0.475 e. The van der Waals surface area contributed by atoms with Crippen molar-refractivity contribution in [1.29, 1.82) is 0 Å². The Morgan fingerprint density at radius 2 is 1.70 bits per heavy atom. The minimum absolute atomic E-state index is 0.0192. The molecule has 1 aromatic carbocycles. The van der Waals surface area contributed by atoms with Crippen LogP contribution in [-0.2, 0) is 11.3 Å². The van der Waals surface area contributed by atoms with Gasteiger partial charge in [0, 0.05) is 40.8 Å². The zero-order valence-corrected chi connectivity index (χ0v) is 19.7. The first-order chi connectivity index (χ1) is 15.2. The number of alkyl halides is 3. The van der Waals surface area contributed by atoms with E-state index in [2.05, 4.69) is 48.6 Å². The van der Waals surface area contributed by atoms with Gasteiger partial charge in [-0.2, -0.15) is 13.2 Å². The highest BCUT2D eigenvalue weighted by Gasteiger charge is 2.39. The minimum atomic E-state index is -5.08. The average Bonchev–Trinajstić information content (AvgIpc) is 3.18. The molecule has 0 unspecified atom stereocenters. The van der Waals surface area contributed by atoms with Crippen LogP contribution in [0.1, 0.15) is 46.1 Å². The molecule has 1 saturated heterocycles. The van der Waals surface area contributed by atoms with Crippen molar-refractivity contribution < 1.29 is 27.9 Å². The standard InChI is InChI=1S/C20H28N4OS.C2HF3O2/c1-19(2)11-16(12-20(3,4)24-19)23-18(25)22-13-14-5-7-15(8-6-14)17-21-9-10-26-17;3-2(4,5)1(6)7/h5-10,16,24H,11-13H2,1-4H3,(H2,22,23,25);(H,6,7). The lowest BCUT2D eigenvalue weighted by Crippen LogP contribution is -2.62. The fourth-order valence-corrected chi connectivity index (χ4v) is 4.62. The summed E-state index contributed by atoms with van der Waals surface area (Å²) in [5.74, 6) is -2.76. The summed E-state index contributed by atoms with van der Waals surface area (Å²) < 4.78 is 31.7. The Bertz CT molecular complexity index is 913. The van der Waals surface area contributed by atoms with Crippen LogP contribution in [0, 0.1) is 0 Å². The number of carboxylic acids is 1. The largest absolute Gasteiger partial charge is 0.490 e. The van der Waals surface area contributed by atoms with Crippen molar-refractivity contribution in [2.75, 3.05) is 0 Å². The molecule has 7 nitrogen and oxygen atoms in total. The van der Waals surface area contributed by atoms with Crippen LogP contribution in [0.4, 0.5) is 18.0 Å². The molecular weight excluding hydrogens is 457 g/mol. The van der Waals surface area contributed by atoms with Crippen LogP contribution < -0.4 is 16.0 Å². The van der Waals surface area contributed by atoms with Gasteiger partial charge in [0.1, 0.15) is 5.01 Å². The van der Waals surface area contributed by atoms with Gasteiger partial charge in [-0.3, -0.25) is 0 Å². The van der Waals surface area contributed by atoms with Crippen molar-refractivity contribution in [2.45, 2.75) is 70.4 Å². The summed E-state index contributed by atoms with van der Waals surface area (Å²) in [6.07, 6.45) is -1.43. The van der Waals surface area contributed by atoms with Crippen LogP contribution in [0.2, 0.25) is 0 Å². The molecule has 2 amide bonds. The summed E-state index contributed by atoms with van der Waals surface area (Å²) in [7, 11) is 0. The number of hydrogen-bond donors (Lipinski definition) is 4. The van der Waals surface area contributed by atoms with Crippen molar-refractivity contribution in [1.82, 2.24) is 20.9 Å². The predicted molar refractivity (Wildman–Crippen MR) is 121 cm³/mol. The molecule has 1 aliphatic heterocycles. The summed E-state index contributed by atoms with van der Waals surface area (Å²) in [6, 6.07) is 8.24. The van der Waals surface area contributed by atoms with Crippen LogP contribution in [0.5, 0.6) is 0 Å². The maximum Gasteiger partial charge on any atom is 0.490 e. The fraction of sp³-hybridized carbons (Fsp3) is 0.500. The van der Waals surface area contributed by atoms with Crippen molar-refractivity contribution >= 4 is 23.3 Å². The molecule has 182 valence electrons. The molecule has 3 rings (SSSR count). The minimum Gasteiger partial charge on any atom is -0.475 e. The van der Waals surface area contributed by atoms with Crippen LogP contribution in [0.3, 0.4) is 0 Å². The molecule has 2 heterocycles. The van der Waals surface area contributed by atoms with E-state index in [1.165, 1.54) is 0 Å². The molecule has 4 N–H and O–H groups in total. The number of benzene rings is 1. The summed E-state index contributed by atoms with van der Waals surface area (Å²) in [6.45, 7) is 9.26. The summed E-state index contributed by atoms with van der Waals surface area (Å²) in [4.78, 5) is 25.5. The monoisotopic (exact) mass is 486 g/mol. The Morgan fingerprint density at radius 3 is 2.15 bits per heavy atom. The van der Waals surface area contributed by atoms with Crippen molar-refractivity contribution in [2.24, 2.45) is 0 Å². The van der Waals surface area contributed by atoms with Gasteiger partial charge in [-0.25, -0.2) is 14.6 Å². The van der Waals surface area contributed by atoms with E-state index in [0.717, 1.165) is 29.0 Å². The SMILES string of the molecule is CC1(C)CC(NC(=O)NCc2ccc(-c3nccs3)cc2)CC(C)(C)N1.O=C(O)C(F)(F)F. The van der Waals surface area contributed by atoms with E-state index in [1.807, 2.05) is 35.8 Å². The molecule has 1 aromatic heterocycles. The molecule has 0 radical (unpaired) electrons. The third-order valence-corrected chi connectivity index (χ3v) is 5.68. The Morgan fingerprint density at radius 1 is 1.15 bits per heavy atom. The molecule has 1 fully saturated rings. The number of amides is 2. The predicted octanol–water partition coefficient (Wildman–Crippen LogP) is 4.55. The lowest BCUT2D eigenvalue weighted by molar-refractivity contribution is -0.192. The van der Waals surface area contributed by atoms with Gasteiger partial charge in [0.2, 0.25) is 0 Å². The average molecular weight is 487 g/mol. The molecule has 1 aliphatic rings. The van der Waals surface area contributed by atoms with Gasteiger partial charge in [0.15, 0.2) is 0 Å². The van der Waals surface area contributed by atoms with Crippen molar-refractivity contribution in [3.63, 3.8) is 0 Å². The summed E-state index contributed by atoms with van der Waals surface area (Å²) in [5, 5.41) is 19.8. The third kappa shape index (κ3) is 9.01. The maximum absolute atomic E-state index is 12.3. The van der Waals surface area contributed by atoms with Crippen molar-refractivity contribution in [3.05, 3.63) is 41.4 Å². The molecular formula is C22H29F3N4O3S. The van der Waals surface area contributed by atoms with Gasteiger partial charge >= 0.3 is 18.2 Å². The highest BCUT2D eigenvalue weighted by atomic mass is 32.1. The topological polar surface area (TPSA) is 103 Å². The lowest BCUT2D eigenvalue weighted by atomic mass is 9.80. The molecule has 33 heavy (non-hydrogen) atoms. The Balaban J connectivity index is 0.000000479. The highest BCUT2D eigenvalue weighted by molar-refractivity contribution is 7.13. The molecule has 0 saturated carbocycles. The first-order valence-electron chi connectivity index (χ1n) is 10.3. The van der Waals surface area contributed by atoms with E-state index in [1.54, 1.807) is 11.3 Å². The van der Waals surface area contributed by atoms with Gasteiger partial charge in [0.25, 0.3) is 0 Å². The number of thiazole rings is 1. The number of aromatic nitrogens is 1. The van der Waals surface area contributed by atoms with Crippen LogP contribution in [0.15, 0.2) is 35.8 Å².